The van der Waals surface area contributed by atoms with Gasteiger partial charge in [0, 0.05) is 17.1 Å². The highest BCUT2D eigenvalue weighted by Gasteiger charge is 2.18. The Kier molecular flexibility index (Phi) is 5.52. The van der Waals surface area contributed by atoms with Crippen LogP contribution in [0.2, 0.25) is 5.02 Å². The summed E-state index contributed by atoms with van der Waals surface area (Å²) in [6.45, 7) is 3.16. The van der Waals surface area contributed by atoms with Crippen molar-refractivity contribution < 1.29 is 14.6 Å². The van der Waals surface area contributed by atoms with E-state index >= 15 is 0 Å². The van der Waals surface area contributed by atoms with E-state index in [2.05, 4.69) is 6.92 Å². The summed E-state index contributed by atoms with van der Waals surface area (Å²) >= 11 is 6.24. The van der Waals surface area contributed by atoms with Gasteiger partial charge in [0.05, 0.1) is 6.10 Å². The summed E-state index contributed by atoms with van der Waals surface area (Å²) < 4.78 is 11.0. The summed E-state index contributed by atoms with van der Waals surface area (Å²) in [5.74, 6) is 1.41. The molecular formula is C15H22ClNO3. The molecule has 0 fully saturated rings. The lowest BCUT2D eigenvalue weighted by molar-refractivity contribution is 0.131. The number of ether oxygens (including phenoxy) is 2. The second-order valence-corrected chi connectivity index (χ2v) is 5.55. The molecule has 0 saturated heterocycles. The third kappa shape index (κ3) is 3.78. The Balaban J connectivity index is 1.99. The lowest BCUT2D eigenvalue weighted by Crippen LogP contribution is -2.34. The molecule has 2 rings (SSSR count). The van der Waals surface area contributed by atoms with Crippen molar-refractivity contribution in [2.24, 2.45) is 5.73 Å². The molecule has 5 heteroatoms. The first-order chi connectivity index (χ1) is 9.61. The maximum Gasteiger partial charge on any atom is 0.162 e. The highest BCUT2D eigenvalue weighted by molar-refractivity contribution is 6.31. The number of hydrogen-bond donors (Lipinski definition) is 2. The van der Waals surface area contributed by atoms with E-state index in [-0.39, 0.29) is 6.04 Å². The zero-order valence-corrected chi connectivity index (χ0v) is 12.5. The molecule has 4 nitrogen and oxygen atoms in total. The Morgan fingerprint density at radius 3 is 2.55 bits per heavy atom. The van der Waals surface area contributed by atoms with E-state index in [4.69, 9.17) is 26.8 Å². The molecule has 1 aliphatic heterocycles. The maximum atomic E-state index is 10.0. The Morgan fingerprint density at radius 2 is 1.90 bits per heavy atom. The summed E-state index contributed by atoms with van der Waals surface area (Å²) in [5, 5.41) is 10.7. The van der Waals surface area contributed by atoms with Gasteiger partial charge in [0.2, 0.25) is 0 Å². The lowest BCUT2D eigenvalue weighted by Gasteiger charge is -2.21. The molecule has 0 spiro atoms. The van der Waals surface area contributed by atoms with Gasteiger partial charge in [0.25, 0.3) is 0 Å². The summed E-state index contributed by atoms with van der Waals surface area (Å²) in [4.78, 5) is 0. The second-order valence-electron chi connectivity index (χ2n) is 5.15. The topological polar surface area (TPSA) is 64.7 Å². The minimum Gasteiger partial charge on any atom is -0.486 e. The van der Waals surface area contributed by atoms with Crippen LogP contribution >= 0.6 is 11.6 Å². The van der Waals surface area contributed by atoms with Crippen LogP contribution in [0, 0.1) is 0 Å². The fourth-order valence-electron chi connectivity index (χ4n) is 2.34. The predicted molar refractivity (Wildman–Crippen MR) is 79.7 cm³/mol. The predicted octanol–water partition coefficient (Wildman–Crippen LogP) is 2.53. The van der Waals surface area contributed by atoms with Crippen LogP contribution in [-0.4, -0.2) is 30.5 Å². The van der Waals surface area contributed by atoms with Gasteiger partial charge >= 0.3 is 0 Å². The number of aliphatic hydroxyl groups is 1. The molecule has 0 aliphatic carbocycles. The van der Waals surface area contributed by atoms with Crippen molar-refractivity contribution >= 4 is 11.6 Å². The highest BCUT2D eigenvalue weighted by atomic mass is 35.5. The first-order valence-corrected chi connectivity index (χ1v) is 7.51. The lowest BCUT2D eigenvalue weighted by atomic mass is 9.99. The highest BCUT2D eigenvalue weighted by Crippen LogP contribution is 2.35. The van der Waals surface area contributed by atoms with E-state index in [1.807, 2.05) is 6.07 Å². The van der Waals surface area contributed by atoms with Crippen molar-refractivity contribution in [2.75, 3.05) is 13.2 Å². The van der Waals surface area contributed by atoms with Gasteiger partial charge < -0.3 is 20.3 Å². The molecule has 2 atom stereocenters. The minimum atomic E-state index is -0.501. The van der Waals surface area contributed by atoms with Crippen LogP contribution in [0.5, 0.6) is 11.5 Å². The average molecular weight is 300 g/mol. The largest absolute Gasteiger partial charge is 0.486 e. The van der Waals surface area contributed by atoms with Crippen molar-refractivity contribution in [3.63, 3.8) is 0 Å². The van der Waals surface area contributed by atoms with Crippen LogP contribution in [0.25, 0.3) is 0 Å². The fourth-order valence-corrected chi connectivity index (χ4v) is 2.59. The van der Waals surface area contributed by atoms with E-state index in [1.54, 1.807) is 6.07 Å². The van der Waals surface area contributed by atoms with Crippen LogP contribution < -0.4 is 15.2 Å². The smallest absolute Gasteiger partial charge is 0.162 e. The molecule has 0 radical (unpaired) electrons. The van der Waals surface area contributed by atoms with Crippen LogP contribution in [0.1, 0.15) is 31.7 Å². The van der Waals surface area contributed by atoms with Gasteiger partial charge in [-0.05, 0) is 30.9 Å². The van der Waals surface area contributed by atoms with Gasteiger partial charge in [-0.1, -0.05) is 24.9 Å². The molecule has 2 unspecified atom stereocenters. The molecule has 1 aromatic rings. The van der Waals surface area contributed by atoms with Gasteiger partial charge in [-0.2, -0.15) is 0 Å². The summed E-state index contributed by atoms with van der Waals surface area (Å²) in [7, 11) is 0. The zero-order chi connectivity index (χ0) is 14.5. The number of rotatable bonds is 6. The van der Waals surface area contributed by atoms with Crippen molar-refractivity contribution in [1.29, 1.82) is 0 Å². The van der Waals surface area contributed by atoms with E-state index in [9.17, 15) is 5.11 Å². The molecule has 0 amide bonds. The maximum absolute atomic E-state index is 10.0. The number of halogens is 1. The Hall–Kier alpha value is -0.970. The van der Waals surface area contributed by atoms with Crippen molar-refractivity contribution in [3.05, 3.63) is 22.7 Å². The van der Waals surface area contributed by atoms with E-state index in [0.717, 1.165) is 24.2 Å². The fraction of sp³-hybridized carbons (Fsp3) is 0.600. The first-order valence-electron chi connectivity index (χ1n) is 7.13. The quantitative estimate of drug-likeness (QED) is 0.847. The molecule has 0 bridgehead atoms. The standard InChI is InChI=1S/C15H22ClNO3/c1-2-3-12(17)13(18)5-4-10-8-14-15(9-11(10)16)20-7-6-19-14/h8-9,12-13,18H,2-7,17H2,1H3. The van der Waals surface area contributed by atoms with Crippen LogP contribution in [-0.2, 0) is 6.42 Å². The number of hydrogen-bond acceptors (Lipinski definition) is 4. The Morgan fingerprint density at radius 1 is 1.25 bits per heavy atom. The third-order valence-electron chi connectivity index (χ3n) is 3.54. The molecule has 1 aromatic carbocycles. The molecular weight excluding hydrogens is 278 g/mol. The van der Waals surface area contributed by atoms with Gasteiger partial charge in [-0.15, -0.1) is 0 Å². The Bertz CT molecular complexity index is 453. The number of aliphatic hydroxyl groups excluding tert-OH is 1. The van der Waals surface area contributed by atoms with Crippen molar-refractivity contribution in [1.82, 2.24) is 0 Å². The first kappa shape index (κ1) is 15.4. The number of nitrogens with two attached hydrogens (primary N) is 1. The van der Waals surface area contributed by atoms with Crippen molar-refractivity contribution in [2.45, 2.75) is 44.8 Å². The van der Waals surface area contributed by atoms with Gasteiger partial charge in [-0.3, -0.25) is 0 Å². The molecule has 0 aromatic heterocycles. The van der Waals surface area contributed by atoms with Crippen molar-refractivity contribution in [3.8, 4) is 11.5 Å². The molecule has 0 saturated carbocycles. The molecule has 1 heterocycles. The van der Waals surface area contributed by atoms with Gasteiger partial charge in [0.1, 0.15) is 13.2 Å². The van der Waals surface area contributed by atoms with Crippen LogP contribution in [0.4, 0.5) is 0 Å². The third-order valence-corrected chi connectivity index (χ3v) is 3.89. The second kappa shape index (κ2) is 7.16. The minimum absolute atomic E-state index is 0.170. The molecule has 20 heavy (non-hydrogen) atoms. The average Bonchev–Trinajstić information content (AvgIpc) is 2.45. The van der Waals surface area contributed by atoms with E-state index < -0.39 is 6.10 Å². The summed E-state index contributed by atoms with van der Waals surface area (Å²) in [5.41, 5.74) is 6.87. The SMILES string of the molecule is CCCC(N)C(O)CCc1cc2c(cc1Cl)OCCO2. The summed E-state index contributed by atoms with van der Waals surface area (Å²) in [6.07, 6.45) is 2.58. The molecule has 3 N–H and O–H groups in total. The van der Waals surface area contributed by atoms with Crippen LogP contribution in [0.15, 0.2) is 12.1 Å². The monoisotopic (exact) mass is 299 g/mol. The molecule has 1 aliphatic rings. The van der Waals surface area contributed by atoms with Gasteiger partial charge in [0.15, 0.2) is 11.5 Å². The van der Waals surface area contributed by atoms with E-state index in [1.165, 1.54) is 0 Å². The number of aryl methyl sites for hydroxylation is 1. The Labute approximate surface area is 124 Å². The zero-order valence-electron chi connectivity index (χ0n) is 11.8. The normalized spacial score (nSPS) is 16.8. The number of benzene rings is 1. The number of fused-ring (bicyclic) bond motifs is 1. The van der Waals surface area contributed by atoms with Crippen LogP contribution in [0.3, 0.4) is 0 Å². The summed E-state index contributed by atoms with van der Waals surface area (Å²) in [6, 6.07) is 3.51. The molecule has 112 valence electrons. The van der Waals surface area contributed by atoms with Gasteiger partial charge in [-0.25, -0.2) is 0 Å². The van der Waals surface area contributed by atoms with E-state index in [0.29, 0.717) is 36.8 Å².